The predicted octanol–water partition coefficient (Wildman–Crippen LogP) is 4.64. The molecule has 1 aliphatic heterocycles. The van der Waals surface area contributed by atoms with Crippen molar-refractivity contribution in [1.29, 1.82) is 0 Å². The summed E-state index contributed by atoms with van der Waals surface area (Å²) < 4.78 is 0. The Morgan fingerprint density at radius 1 is 1.24 bits per heavy atom. The van der Waals surface area contributed by atoms with Crippen molar-refractivity contribution in [1.82, 2.24) is 0 Å². The summed E-state index contributed by atoms with van der Waals surface area (Å²) in [6, 6.07) is 6.38. The third-order valence-electron chi connectivity index (χ3n) is 5.29. The number of hydrogen-bond donors (Lipinski definition) is 1. The van der Waals surface area contributed by atoms with Crippen LogP contribution in [0.2, 0.25) is 5.02 Å². The molecule has 118 valence electrons. The maximum absolute atomic E-state index is 6.42. The first-order valence-corrected chi connectivity index (χ1v) is 8.67. The summed E-state index contributed by atoms with van der Waals surface area (Å²) in [7, 11) is 0. The van der Waals surface area contributed by atoms with Crippen LogP contribution in [0.3, 0.4) is 0 Å². The molecule has 1 saturated heterocycles. The molecular weight excluding hydrogens is 280 g/mol. The number of piperidine rings is 1. The number of anilines is 1. The quantitative estimate of drug-likeness (QED) is 0.859. The minimum atomic E-state index is 0.138. The van der Waals surface area contributed by atoms with Gasteiger partial charge in [-0.25, -0.2) is 0 Å². The van der Waals surface area contributed by atoms with E-state index in [1.165, 1.54) is 36.9 Å². The Labute approximate surface area is 134 Å². The van der Waals surface area contributed by atoms with Crippen LogP contribution in [0.1, 0.15) is 52.0 Å². The lowest BCUT2D eigenvalue weighted by atomic mass is 9.74. The number of hydrogen-bond acceptors (Lipinski definition) is 2. The van der Waals surface area contributed by atoms with Crippen LogP contribution < -0.4 is 10.6 Å². The molecule has 3 heteroatoms. The Kier molecular flexibility index (Phi) is 5.56. The molecule has 1 aliphatic rings. The highest BCUT2D eigenvalue weighted by Gasteiger charge is 2.32. The molecule has 21 heavy (non-hydrogen) atoms. The molecule has 1 aromatic carbocycles. The summed E-state index contributed by atoms with van der Waals surface area (Å²) in [5, 5.41) is 0.854. The molecule has 0 bridgehead atoms. The number of nitrogens with zero attached hydrogens (tertiary/aromatic N) is 1. The fourth-order valence-electron chi connectivity index (χ4n) is 3.55. The molecule has 1 heterocycles. The van der Waals surface area contributed by atoms with Crippen molar-refractivity contribution in [2.45, 2.75) is 58.9 Å². The van der Waals surface area contributed by atoms with Crippen LogP contribution >= 0.6 is 11.6 Å². The van der Waals surface area contributed by atoms with Gasteiger partial charge >= 0.3 is 0 Å². The fourth-order valence-corrected chi connectivity index (χ4v) is 3.79. The maximum atomic E-state index is 6.42. The lowest BCUT2D eigenvalue weighted by Crippen LogP contribution is -2.40. The van der Waals surface area contributed by atoms with E-state index < -0.39 is 0 Å². The summed E-state index contributed by atoms with van der Waals surface area (Å²) in [5.41, 5.74) is 9.06. The molecule has 1 fully saturated rings. The van der Waals surface area contributed by atoms with Crippen LogP contribution in [0, 0.1) is 5.41 Å². The summed E-state index contributed by atoms with van der Waals surface area (Å²) >= 11 is 6.42. The van der Waals surface area contributed by atoms with Crippen LogP contribution in [0.5, 0.6) is 0 Å². The lowest BCUT2D eigenvalue weighted by Gasteiger charge is -2.42. The summed E-state index contributed by atoms with van der Waals surface area (Å²) in [6.45, 7) is 8.98. The molecule has 2 rings (SSSR count). The average molecular weight is 309 g/mol. The monoisotopic (exact) mass is 308 g/mol. The van der Waals surface area contributed by atoms with Gasteiger partial charge in [0.2, 0.25) is 0 Å². The van der Waals surface area contributed by atoms with Crippen LogP contribution in [0.4, 0.5) is 5.69 Å². The molecule has 1 aromatic rings. The topological polar surface area (TPSA) is 29.3 Å². The highest BCUT2D eigenvalue weighted by molar-refractivity contribution is 6.31. The second-order valence-electron chi connectivity index (χ2n) is 6.61. The molecule has 0 aliphatic carbocycles. The number of benzene rings is 1. The first-order chi connectivity index (χ1) is 10.0. The third-order valence-corrected chi connectivity index (χ3v) is 5.64. The largest absolute Gasteiger partial charge is 0.371 e. The first-order valence-electron chi connectivity index (χ1n) is 8.29. The van der Waals surface area contributed by atoms with Crippen molar-refractivity contribution in [2.24, 2.45) is 11.1 Å². The number of rotatable bonds is 5. The Bertz CT molecular complexity index is 456. The van der Waals surface area contributed by atoms with Crippen molar-refractivity contribution in [3.8, 4) is 0 Å². The van der Waals surface area contributed by atoms with Crippen LogP contribution in [0.15, 0.2) is 18.2 Å². The van der Waals surface area contributed by atoms with Gasteiger partial charge in [-0.15, -0.1) is 0 Å². The average Bonchev–Trinajstić information content (AvgIpc) is 2.49. The zero-order chi connectivity index (χ0) is 15.5. The van der Waals surface area contributed by atoms with Gasteiger partial charge in [-0.05, 0) is 49.3 Å². The van der Waals surface area contributed by atoms with Gasteiger partial charge in [0, 0.05) is 29.8 Å². The van der Waals surface area contributed by atoms with E-state index in [4.69, 9.17) is 17.3 Å². The molecule has 2 N–H and O–H groups in total. The van der Waals surface area contributed by atoms with Gasteiger partial charge in [0.25, 0.3) is 0 Å². The Morgan fingerprint density at radius 2 is 1.86 bits per heavy atom. The van der Waals surface area contributed by atoms with Gasteiger partial charge in [-0.2, -0.15) is 0 Å². The molecular formula is C18H29ClN2. The van der Waals surface area contributed by atoms with Crippen molar-refractivity contribution < 1.29 is 0 Å². The maximum Gasteiger partial charge on any atom is 0.0459 e. The van der Waals surface area contributed by atoms with Gasteiger partial charge in [0.15, 0.2) is 0 Å². The van der Waals surface area contributed by atoms with E-state index in [0.29, 0.717) is 5.41 Å². The molecule has 0 aromatic heterocycles. The van der Waals surface area contributed by atoms with Crippen molar-refractivity contribution in [3.05, 3.63) is 28.8 Å². The molecule has 2 nitrogen and oxygen atoms in total. The van der Waals surface area contributed by atoms with Gasteiger partial charge in [-0.1, -0.05) is 44.4 Å². The minimum absolute atomic E-state index is 0.138. The van der Waals surface area contributed by atoms with E-state index in [1.807, 2.05) is 13.0 Å². The van der Waals surface area contributed by atoms with Gasteiger partial charge < -0.3 is 10.6 Å². The lowest BCUT2D eigenvalue weighted by molar-refractivity contribution is 0.199. The van der Waals surface area contributed by atoms with E-state index in [9.17, 15) is 0 Å². The first kappa shape index (κ1) is 16.6. The number of nitrogens with two attached hydrogens (primary N) is 1. The highest BCUT2D eigenvalue weighted by atomic mass is 35.5. The van der Waals surface area contributed by atoms with E-state index >= 15 is 0 Å². The molecule has 0 radical (unpaired) electrons. The second-order valence-corrected chi connectivity index (χ2v) is 7.02. The minimum Gasteiger partial charge on any atom is -0.371 e. The summed E-state index contributed by atoms with van der Waals surface area (Å²) in [6.07, 6.45) is 5.99. The Morgan fingerprint density at radius 3 is 2.38 bits per heavy atom. The van der Waals surface area contributed by atoms with Crippen molar-refractivity contribution in [2.75, 3.05) is 18.0 Å². The van der Waals surface area contributed by atoms with E-state index in [-0.39, 0.29) is 6.04 Å². The van der Waals surface area contributed by atoms with Gasteiger partial charge in [0.1, 0.15) is 0 Å². The van der Waals surface area contributed by atoms with Gasteiger partial charge in [-0.3, -0.25) is 0 Å². The van der Waals surface area contributed by atoms with E-state index in [0.717, 1.165) is 24.5 Å². The van der Waals surface area contributed by atoms with Crippen molar-refractivity contribution >= 4 is 17.3 Å². The molecule has 1 unspecified atom stereocenters. The number of halogens is 1. The molecule has 0 saturated carbocycles. The zero-order valence-electron chi connectivity index (χ0n) is 13.7. The van der Waals surface area contributed by atoms with Crippen molar-refractivity contribution in [3.63, 3.8) is 0 Å². The molecule has 0 spiro atoms. The fraction of sp³-hybridized carbons (Fsp3) is 0.667. The standard InChI is InChI=1S/C18H29ClN2/c1-4-18(5-2)9-11-21(12-10-18)17-8-6-7-16(19)15(17)13-14(3)20/h6-8,14H,4-5,9-13,20H2,1-3H3. The predicted molar refractivity (Wildman–Crippen MR) is 93.3 cm³/mol. The normalized spacial score (nSPS) is 19.6. The summed E-state index contributed by atoms with van der Waals surface area (Å²) in [4.78, 5) is 2.51. The Balaban J connectivity index is 2.18. The zero-order valence-corrected chi connectivity index (χ0v) is 14.4. The molecule has 1 atom stereocenters. The van der Waals surface area contributed by atoms with Crippen LogP contribution in [-0.4, -0.2) is 19.1 Å². The summed E-state index contributed by atoms with van der Waals surface area (Å²) in [5.74, 6) is 0. The SMILES string of the molecule is CCC1(CC)CCN(c2cccc(Cl)c2CC(C)N)CC1. The van der Waals surface area contributed by atoms with Crippen LogP contribution in [-0.2, 0) is 6.42 Å². The van der Waals surface area contributed by atoms with E-state index in [2.05, 4.69) is 30.9 Å². The molecule has 0 amide bonds. The second kappa shape index (κ2) is 7.02. The third kappa shape index (κ3) is 3.73. The smallest absolute Gasteiger partial charge is 0.0459 e. The Hall–Kier alpha value is -0.730. The van der Waals surface area contributed by atoms with E-state index in [1.54, 1.807) is 0 Å². The highest BCUT2D eigenvalue weighted by Crippen LogP contribution is 2.40. The van der Waals surface area contributed by atoms with Gasteiger partial charge in [0.05, 0.1) is 0 Å². The van der Waals surface area contributed by atoms with Crippen LogP contribution in [0.25, 0.3) is 0 Å².